The Labute approximate surface area is 119 Å². The Morgan fingerprint density at radius 2 is 2.05 bits per heavy atom. The molecule has 5 heteroatoms. The Hall–Kier alpha value is -2.04. The highest BCUT2D eigenvalue weighted by Gasteiger charge is 2.39. The first-order chi connectivity index (χ1) is 9.53. The van der Waals surface area contributed by atoms with Gasteiger partial charge in [-0.25, -0.2) is 4.79 Å². The van der Waals surface area contributed by atoms with Gasteiger partial charge in [0, 0.05) is 12.0 Å². The molecule has 0 atom stereocenters. The number of benzene rings is 1. The van der Waals surface area contributed by atoms with E-state index in [1.807, 2.05) is 44.2 Å². The summed E-state index contributed by atoms with van der Waals surface area (Å²) in [7, 11) is 1.51. The Balaban J connectivity index is 1.93. The number of carbonyl (C=O) groups excluding carboxylic acids is 1. The molecule has 1 aliphatic heterocycles. The maximum absolute atomic E-state index is 12.1. The molecule has 0 aromatic heterocycles. The molecule has 1 saturated heterocycles. The summed E-state index contributed by atoms with van der Waals surface area (Å²) >= 11 is 0. The van der Waals surface area contributed by atoms with Crippen LogP contribution in [0.2, 0.25) is 0 Å². The normalized spacial score (nSPS) is 19.1. The lowest BCUT2D eigenvalue weighted by molar-refractivity contribution is 0.101. The third-order valence-electron chi connectivity index (χ3n) is 3.37. The highest BCUT2D eigenvalue weighted by atomic mass is 16.6. The van der Waals surface area contributed by atoms with Crippen LogP contribution in [0.1, 0.15) is 19.4 Å². The van der Waals surface area contributed by atoms with Crippen molar-refractivity contribution < 1.29 is 14.4 Å². The summed E-state index contributed by atoms with van der Waals surface area (Å²) in [5, 5.41) is 3.99. The molecule has 108 valence electrons. The van der Waals surface area contributed by atoms with Crippen molar-refractivity contribution in [2.24, 2.45) is 10.6 Å². The Morgan fingerprint density at radius 1 is 1.35 bits per heavy atom. The maximum atomic E-state index is 12.1. The average Bonchev–Trinajstić information content (AvgIpc) is 2.73. The first-order valence-corrected chi connectivity index (χ1v) is 6.59. The predicted molar refractivity (Wildman–Crippen MR) is 76.4 cm³/mol. The maximum Gasteiger partial charge on any atom is 0.410 e. The van der Waals surface area contributed by atoms with Gasteiger partial charge in [-0.1, -0.05) is 49.3 Å². The summed E-state index contributed by atoms with van der Waals surface area (Å²) in [5.41, 5.74) is 1.66. The predicted octanol–water partition coefficient (Wildman–Crippen LogP) is 2.67. The monoisotopic (exact) mass is 276 g/mol. The number of hydrogen-bond acceptors (Lipinski definition) is 4. The van der Waals surface area contributed by atoms with Crippen LogP contribution in [0.4, 0.5) is 4.79 Å². The van der Waals surface area contributed by atoms with Gasteiger partial charge >= 0.3 is 6.09 Å². The highest BCUT2D eigenvalue weighted by Crippen LogP contribution is 2.27. The lowest BCUT2D eigenvalue weighted by Gasteiger charge is -2.18. The van der Waals surface area contributed by atoms with Crippen LogP contribution in [-0.2, 0) is 16.2 Å². The second kappa shape index (κ2) is 5.94. The number of nitrogens with zero attached hydrogens (tertiary/aromatic N) is 2. The van der Waals surface area contributed by atoms with Crippen LogP contribution >= 0.6 is 0 Å². The van der Waals surface area contributed by atoms with Crippen molar-refractivity contribution in [1.82, 2.24) is 4.90 Å². The van der Waals surface area contributed by atoms with Gasteiger partial charge in [0.1, 0.15) is 13.7 Å². The fourth-order valence-electron chi connectivity index (χ4n) is 2.22. The zero-order valence-electron chi connectivity index (χ0n) is 12.1. The number of amides is 1. The van der Waals surface area contributed by atoms with E-state index in [-0.39, 0.29) is 18.1 Å². The smallest absolute Gasteiger partial charge is 0.410 e. The molecule has 20 heavy (non-hydrogen) atoms. The van der Waals surface area contributed by atoms with Gasteiger partial charge in [0.15, 0.2) is 0 Å². The van der Waals surface area contributed by atoms with Crippen molar-refractivity contribution in [1.29, 1.82) is 0 Å². The molecule has 2 rings (SSSR count). The van der Waals surface area contributed by atoms with Gasteiger partial charge in [0.05, 0.1) is 12.3 Å². The number of ether oxygens (including phenoxy) is 1. The van der Waals surface area contributed by atoms with E-state index in [0.29, 0.717) is 13.1 Å². The fourth-order valence-corrected chi connectivity index (χ4v) is 2.22. The Bertz CT molecular complexity index is 497. The first-order valence-electron chi connectivity index (χ1n) is 6.59. The minimum Gasteiger partial charge on any atom is -0.445 e. The topological polar surface area (TPSA) is 51.1 Å². The van der Waals surface area contributed by atoms with Gasteiger partial charge in [0.25, 0.3) is 0 Å². The summed E-state index contributed by atoms with van der Waals surface area (Å²) in [4.78, 5) is 18.5. The van der Waals surface area contributed by atoms with Gasteiger partial charge in [-0.2, -0.15) is 0 Å². The zero-order valence-corrected chi connectivity index (χ0v) is 12.1. The lowest BCUT2D eigenvalue weighted by Crippen LogP contribution is -2.30. The van der Waals surface area contributed by atoms with Gasteiger partial charge in [-0.05, 0) is 5.56 Å². The van der Waals surface area contributed by atoms with Crippen LogP contribution in [0, 0.1) is 5.41 Å². The van der Waals surface area contributed by atoms with E-state index in [4.69, 9.17) is 9.57 Å². The fraction of sp³-hybridized carbons (Fsp3) is 0.467. The van der Waals surface area contributed by atoms with E-state index < -0.39 is 0 Å². The van der Waals surface area contributed by atoms with E-state index >= 15 is 0 Å². The van der Waals surface area contributed by atoms with Crippen LogP contribution in [0.25, 0.3) is 0 Å². The van der Waals surface area contributed by atoms with Crippen molar-refractivity contribution in [3.8, 4) is 0 Å². The molecular formula is C15H20N2O3. The third-order valence-corrected chi connectivity index (χ3v) is 3.37. The van der Waals surface area contributed by atoms with Crippen LogP contribution in [0.5, 0.6) is 0 Å². The number of oxime groups is 1. The van der Waals surface area contributed by atoms with Crippen molar-refractivity contribution in [3.63, 3.8) is 0 Å². The van der Waals surface area contributed by atoms with Crippen molar-refractivity contribution in [3.05, 3.63) is 35.9 Å². The summed E-state index contributed by atoms with van der Waals surface area (Å²) < 4.78 is 5.32. The second-order valence-corrected chi connectivity index (χ2v) is 5.50. The standard InChI is InChI=1S/C15H20N2O3/c1-15(2)11-17(9-13(15)16-19-3)14(18)20-10-12-7-5-4-6-8-12/h4-8H,9-11H2,1-3H3/b16-13-. The van der Waals surface area contributed by atoms with Crippen LogP contribution in [0.3, 0.4) is 0 Å². The molecule has 1 heterocycles. The lowest BCUT2D eigenvalue weighted by atomic mass is 9.91. The minimum absolute atomic E-state index is 0.179. The molecule has 0 saturated carbocycles. The molecule has 1 amide bonds. The third kappa shape index (κ3) is 3.29. The van der Waals surface area contributed by atoms with Gasteiger partial charge in [0.2, 0.25) is 0 Å². The molecule has 0 N–H and O–H groups in total. The molecule has 0 unspecified atom stereocenters. The second-order valence-electron chi connectivity index (χ2n) is 5.50. The summed E-state index contributed by atoms with van der Waals surface area (Å²) in [6.45, 7) is 5.40. The van der Waals surface area contributed by atoms with Crippen LogP contribution in [-0.4, -0.2) is 36.9 Å². The summed E-state index contributed by atoms with van der Waals surface area (Å²) in [5.74, 6) is 0. The molecule has 0 bridgehead atoms. The Morgan fingerprint density at radius 3 is 2.70 bits per heavy atom. The van der Waals surface area contributed by atoms with E-state index in [2.05, 4.69) is 5.16 Å². The van der Waals surface area contributed by atoms with Crippen LogP contribution < -0.4 is 0 Å². The van der Waals surface area contributed by atoms with Crippen molar-refractivity contribution in [2.75, 3.05) is 20.2 Å². The molecular weight excluding hydrogens is 256 g/mol. The Kier molecular flexibility index (Phi) is 4.27. The molecule has 1 fully saturated rings. The number of rotatable bonds is 3. The van der Waals surface area contributed by atoms with E-state index in [1.54, 1.807) is 4.90 Å². The average molecular weight is 276 g/mol. The minimum atomic E-state index is -0.316. The van der Waals surface area contributed by atoms with Crippen molar-refractivity contribution >= 4 is 11.8 Å². The van der Waals surface area contributed by atoms with Crippen LogP contribution in [0.15, 0.2) is 35.5 Å². The summed E-state index contributed by atoms with van der Waals surface area (Å²) in [6, 6.07) is 9.64. The molecule has 1 aromatic rings. The molecule has 0 radical (unpaired) electrons. The van der Waals surface area contributed by atoms with E-state index in [1.165, 1.54) is 7.11 Å². The van der Waals surface area contributed by atoms with E-state index in [0.717, 1.165) is 11.3 Å². The molecule has 0 aliphatic carbocycles. The zero-order chi connectivity index (χ0) is 14.6. The quantitative estimate of drug-likeness (QED) is 0.797. The molecule has 1 aliphatic rings. The van der Waals surface area contributed by atoms with Gasteiger partial charge < -0.3 is 14.5 Å². The largest absolute Gasteiger partial charge is 0.445 e. The molecule has 5 nitrogen and oxygen atoms in total. The first kappa shape index (κ1) is 14.4. The number of hydrogen-bond donors (Lipinski definition) is 0. The van der Waals surface area contributed by atoms with Crippen molar-refractivity contribution in [2.45, 2.75) is 20.5 Å². The number of likely N-dealkylation sites (tertiary alicyclic amines) is 1. The molecule has 1 aromatic carbocycles. The SMILES string of the molecule is CO/N=C1/CN(C(=O)OCc2ccccc2)CC1(C)C. The molecule has 0 spiro atoms. The highest BCUT2D eigenvalue weighted by molar-refractivity contribution is 5.96. The van der Waals surface area contributed by atoms with Gasteiger partial charge in [-0.15, -0.1) is 0 Å². The van der Waals surface area contributed by atoms with E-state index in [9.17, 15) is 4.79 Å². The number of carbonyl (C=O) groups is 1. The van der Waals surface area contributed by atoms with Gasteiger partial charge in [-0.3, -0.25) is 0 Å². The summed E-state index contributed by atoms with van der Waals surface area (Å²) in [6.07, 6.45) is -0.316.